The summed E-state index contributed by atoms with van der Waals surface area (Å²) in [6.45, 7) is 2.03. The summed E-state index contributed by atoms with van der Waals surface area (Å²) in [5, 5.41) is 0. The van der Waals surface area contributed by atoms with Gasteiger partial charge in [-0.15, -0.1) is 0 Å². The van der Waals surface area contributed by atoms with Crippen molar-refractivity contribution >= 4 is 0 Å². The highest BCUT2D eigenvalue weighted by atomic mass is 15.2. The van der Waals surface area contributed by atoms with Gasteiger partial charge >= 0.3 is 0 Å². The van der Waals surface area contributed by atoms with Crippen molar-refractivity contribution in [3.05, 3.63) is 41.2 Å². The predicted octanol–water partition coefficient (Wildman–Crippen LogP) is 2.39. The van der Waals surface area contributed by atoms with Gasteiger partial charge < -0.3 is 0 Å². The van der Waals surface area contributed by atoms with E-state index < -0.39 is 0 Å². The maximum Gasteiger partial charge on any atom is 0.0687 e. The van der Waals surface area contributed by atoms with Crippen LogP contribution >= 0.6 is 0 Å². The summed E-state index contributed by atoms with van der Waals surface area (Å²) in [6.07, 6.45) is 9.02. The van der Waals surface area contributed by atoms with Crippen molar-refractivity contribution in [2.24, 2.45) is 5.84 Å². The summed E-state index contributed by atoms with van der Waals surface area (Å²) < 4.78 is 0. The molecule has 1 aliphatic carbocycles. The number of hydrogen-bond acceptors (Lipinski definition) is 3. The summed E-state index contributed by atoms with van der Waals surface area (Å²) in [4.78, 5) is 4.32. The lowest BCUT2D eigenvalue weighted by atomic mass is 9.90. The number of aromatic nitrogens is 1. The van der Waals surface area contributed by atoms with Crippen molar-refractivity contribution in [3.8, 4) is 0 Å². The molecule has 0 saturated heterocycles. The number of hydrazine groups is 1. The van der Waals surface area contributed by atoms with E-state index in [1.807, 2.05) is 19.2 Å². The molecule has 0 fully saturated rings. The van der Waals surface area contributed by atoms with Crippen molar-refractivity contribution in [1.29, 1.82) is 0 Å². The van der Waals surface area contributed by atoms with Gasteiger partial charge in [-0.05, 0) is 44.2 Å². The van der Waals surface area contributed by atoms with Crippen LogP contribution in [0.5, 0.6) is 0 Å². The molecule has 0 radical (unpaired) electrons. The second-order valence-electron chi connectivity index (χ2n) is 4.30. The molecule has 1 unspecified atom stereocenters. The Morgan fingerprint density at radius 2 is 2.31 bits per heavy atom. The average Bonchev–Trinajstić information content (AvgIpc) is 2.34. The normalized spacial score (nSPS) is 18.0. The van der Waals surface area contributed by atoms with Crippen LogP contribution in [-0.2, 0) is 0 Å². The van der Waals surface area contributed by atoms with Gasteiger partial charge in [0, 0.05) is 11.9 Å². The summed E-state index contributed by atoms with van der Waals surface area (Å²) in [7, 11) is 0. The molecule has 3 nitrogen and oxygen atoms in total. The Morgan fingerprint density at radius 3 is 2.94 bits per heavy atom. The molecule has 0 amide bonds. The van der Waals surface area contributed by atoms with Gasteiger partial charge in [0.1, 0.15) is 0 Å². The minimum Gasteiger partial charge on any atom is -0.271 e. The lowest BCUT2D eigenvalue weighted by molar-refractivity contribution is 0.562. The summed E-state index contributed by atoms with van der Waals surface area (Å²) in [6, 6.07) is 4.20. The molecule has 0 bridgehead atoms. The Balaban J connectivity index is 2.28. The fourth-order valence-electron chi connectivity index (χ4n) is 2.32. The van der Waals surface area contributed by atoms with Crippen LogP contribution in [0.25, 0.3) is 0 Å². The molecule has 1 aromatic rings. The van der Waals surface area contributed by atoms with Crippen molar-refractivity contribution in [3.63, 3.8) is 0 Å². The standard InChI is InChI=1S/C13H19N3/c1-10-12(8-5-9-15-10)13(16-14)11-6-3-2-4-7-11/h5-6,8-9,13,16H,2-4,7,14H2,1H3. The van der Waals surface area contributed by atoms with Crippen molar-refractivity contribution in [2.75, 3.05) is 0 Å². The third kappa shape index (κ3) is 2.31. The molecule has 1 aromatic heterocycles. The number of allylic oxidation sites excluding steroid dienone is 1. The Labute approximate surface area is 96.7 Å². The number of aryl methyl sites for hydroxylation is 1. The molecule has 1 atom stereocenters. The van der Waals surface area contributed by atoms with Crippen molar-refractivity contribution in [1.82, 2.24) is 10.4 Å². The first kappa shape index (κ1) is 11.3. The molecule has 3 N–H and O–H groups in total. The van der Waals surface area contributed by atoms with Crippen molar-refractivity contribution < 1.29 is 0 Å². The SMILES string of the molecule is Cc1ncccc1C(NN)C1=CCCCC1. The average molecular weight is 217 g/mol. The summed E-state index contributed by atoms with van der Waals surface area (Å²) in [5.74, 6) is 5.69. The lowest BCUT2D eigenvalue weighted by Crippen LogP contribution is -2.30. The van der Waals surface area contributed by atoms with Crippen molar-refractivity contribution in [2.45, 2.75) is 38.6 Å². The van der Waals surface area contributed by atoms with Gasteiger partial charge in [-0.25, -0.2) is 5.43 Å². The second kappa shape index (κ2) is 5.23. The number of pyridine rings is 1. The van der Waals surface area contributed by atoms with E-state index >= 15 is 0 Å². The lowest BCUT2D eigenvalue weighted by Gasteiger charge is -2.23. The van der Waals surface area contributed by atoms with Crippen LogP contribution in [0.1, 0.15) is 43.0 Å². The minimum absolute atomic E-state index is 0.133. The fourth-order valence-corrected chi connectivity index (χ4v) is 2.32. The van der Waals surface area contributed by atoms with Crippen LogP contribution in [0.2, 0.25) is 0 Å². The number of nitrogens with two attached hydrogens (primary N) is 1. The van der Waals surface area contributed by atoms with Gasteiger partial charge in [0.05, 0.1) is 6.04 Å². The molecule has 86 valence electrons. The predicted molar refractivity (Wildman–Crippen MR) is 65.6 cm³/mol. The van der Waals surface area contributed by atoms with Gasteiger partial charge in [-0.3, -0.25) is 10.8 Å². The molecule has 16 heavy (non-hydrogen) atoms. The van der Waals surface area contributed by atoms with E-state index in [2.05, 4.69) is 22.6 Å². The molecule has 0 saturated carbocycles. The highest BCUT2D eigenvalue weighted by molar-refractivity contribution is 5.31. The molecule has 0 spiro atoms. The van der Waals surface area contributed by atoms with E-state index in [0.717, 1.165) is 12.1 Å². The first-order valence-electron chi connectivity index (χ1n) is 5.89. The number of nitrogens with zero attached hydrogens (tertiary/aromatic N) is 1. The maximum atomic E-state index is 5.69. The third-order valence-corrected chi connectivity index (χ3v) is 3.22. The zero-order valence-electron chi connectivity index (χ0n) is 9.74. The zero-order chi connectivity index (χ0) is 11.4. The molecule has 0 aliphatic heterocycles. The van der Waals surface area contributed by atoms with Crippen LogP contribution in [-0.4, -0.2) is 4.98 Å². The highest BCUT2D eigenvalue weighted by Gasteiger charge is 2.18. The fraction of sp³-hybridized carbons (Fsp3) is 0.462. The van der Waals surface area contributed by atoms with Gasteiger partial charge in [-0.2, -0.15) is 0 Å². The quantitative estimate of drug-likeness (QED) is 0.464. The number of nitrogens with one attached hydrogen (secondary N) is 1. The van der Waals surface area contributed by atoms with Crippen LogP contribution < -0.4 is 11.3 Å². The highest BCUT2D eigenvalue weighted by Crippen LogP contribution is 2.30. The van der Waals surface area contributed by atoms with E-state index in [0.29, 0.717) is 0 Å². The van der Waals surface area contributed by atoms with Crippen LogP contribution in [0.3, 0.4) is 0 Å². The zero-order valence-corrected chi connectivity index (χ0v) is 9.74. The largest absolute Gasteiger partial charge is 0.271 e. The minimum atomic E-state index is 0.133. The Morgan fingerprint density at radius 1 is 1.44 bits per heavy atom. The van der Waals surface area contributed by atoms with Gasteiger partial charge in [0.25, 0.3) is 0 Å². The van der Waals surface area contributed by atoms with Gasteiger partial charge in [0.2, 0.25) is 0 Å². The van der Waals surface area contributed by atoms with E-state index in [-0.39, 0.29) is 6.04 Å². The van der Waals surface area contributed by atoms with E-state index in [1.54, 1.807) is 0 Å². The van der Waals surface area contributed by atoms with Gasteiger partial charge in [-0.1, -0.05) is 17.7 Å². The Bertz CT molecular complexity index is 385. The number of hydrogen-bond donors (Lipinski definition) is 2. The smallest absolute Gasteiger partial charge is 0.0687 e. The second-order valence-corrected chi connectivity index (χ2v) is 4.30. The molecular weight excluding hydrogens is 198 g/mol. The summed E-state index contributed by atoms with van der Waals surface area (Å²) >= 11 is 0. The molecule has 1 heterocycles. The van der Waals surface area contributed by atoms with E-state index in [4.69, 9.17) is 5.84 Å². The Hall–Kier alpha value is -1.19. The van der Waals surface area contributed by atoms with E-state index in [1.165, 1.54) is 30.4 Å². The van der Waals surface area contributed by atoms with E-state index in [9.17, 15) is 0 Å². The van der Waals surface area contributed by atoms with Gasteiger partial charge in [0.15, 0.2) is 0 Å². The maximum absolute atomic E-state index is 5.69. The number of rotatable bonds is 3. The van der Waals surface area contributed by atoms with Crippen LogP contribution in [0, 0.1) is 6.92 Å². The first-order chi connectivity index (χ1) is 7.83. The monoisotopic (exact) mass is 217 g/mol. The molecule has 2 rings (SSSR count). The third-order valence-electron chi connectivity index (χ3n) is 3.22. The van der Waals surface area contributed by atoms with Crippen LogP contribution in [0.15, 0.2) is 30.0 Å². The topological polar surface area (TPSA) is 50.9 Å². The molecule has 1 aliphatic rings. The van der Waals surface area contributed by atoms with Crippen LogP contribution in [0.4, 0.5) is 0 Å². The molecule has 0 aromatic carbocycles. The molecular formula is C13H19N3. The molecule has 3 heteroatoms. The Kier molecular flexibility index (Phi) is 3.70. The first-order valence-corrected chi connectivity index (χ1v) is 5.89. The summed E-state index contributed by atoms with van der Waals surface area (Å²) in [5.41, 5.74) is 6.57.